The highest BCUT2D eigenvalue weighted by molar-refractivity contribution is 6.90. The lowest BCUT2D eigenvalue weighted by Gasteiger charge is -2.19. The normalized spacial score (nSPS) is 12.4. The Morgan fingerprint density at radius 1 is 0.944 bits per heavy atom. The van der Waals surface area contributed by atoms with Crippen molar-refractivity contribution in [1.29, 1.82) is 0 Å². The Hall–Kier alpha value is -1.05. The van der Waals surface area contributed by atoms with Crippen LogP contribution in [0.5, 0.6) is 0 Å². The first-order chi connectivity index (χ1) is 8.63. The summed E-state index contributed by atoms with van der Waals surface area (Å²) >= 11 is 6.28. The van der Waals surface area contributed by atoms with E-state index in [0.29, 0.717) is 0 Å². The standard InChI is InChI=1S/C16H19ClSi/c1-12-9-13(2)16(14(3)10-12)18(11-17)15-7-5-4-6-8-15/h4-10,18H,11H2,1-3H3. The van der Waals surface area contributed by atoms with E-state index in [1.54, 1.807) is 0 Å². The average molecular weight is 275 g/mol. The molecule has 0 aliphatic heterocycles. The molecule has 0 amide bonds. The summed E-state index contributed by atoms with van der Waals surface area (Å²) in [6, 6.07) is 15.3. The maximum Gasteiger partial charge on any atom is 0.118 e. The molecule has 0 radical (unpaired) electrons. The molecule has 0 aliphatic carbocycles. The molecule has 1 unspecified atom stereocenters. The average Bonchev–Trinajstić information content (AvgIpc) is 2.34. The first-order valence-electron chi connectivity index (χ1n) is 6.32. The summed E-state index contributed by atoms with van der Waals surface area (Å²) in [5.74, 6) is 0. The Morgan fingerprint density at radius 3 is 2.00 bits per heavy atom. The molecular formula is C16H19ClSi. The van der Waals surface area contributed by atoms with Gasteiger partial charge in [0, 0.05) is 5.50 Å². The van der Waals surface area contributed by atoms with Crippen molar-refractivity contribution >= 4 is 30.8 Å². The molecule has 2 aromatic rings. The van der Waals surface area contributed by atoms with E-state index in [4.69, 9.17) is 11.6 Å². The van der Waals surface area contributed by atoms with Crippen molar-refractivity contribution in [3.63, 3.8) is 0 Å². The lowest BCUT2D eigenvalue weighted by atomic mass is 10.1. The van der Waals surface area contributed by atoms with E-state index in [-0.39, 0.29) is 0 Å². The van der Waals surface area contributed by atoms with Crippen LogP contribution in [0.4, 0.5) is 0 Å². The third kappa shape index (κ3) is 2.68. The predicted octanol–water partition coefficient (Wildman–Crippen LogP) is 2.73. The van der Waals surface area contributed by atoms with Gasteiger partial charge in [0.2, 0.25) is 0 Å². The van der Waals surface area contributed by atoms with Crippen molar-refractivity contribution in [3.8, 4) is 0 Å². The largest absolute Gasteiger partial charge is 0.130 e. The van der Waals surface area contributed by atoms with Crippen LogP contribution < -0.4 is 10.4 Å². The Labute approximate surface area is 116 Å². The van der Waals surface area contributed by atoms with Crippen LogP contribution in [0.1, 0.15) is 16.7 Å². The molecule has 1 atom stereocenters. The van der Waals surface area contributed by atoms with Crippen LogP contribution in [0.25, 0.3) is 0 Å². The first kappa shape index (κ1) is 13.4. The number of aryl methyl sites for hydroxylation is 3. The molecular weight excluding hydrogens is 256 g/mol. The second-order valence-corrected chi connectivity index (χ2v) is 8.51. The van der Waals surface area contributed by atoms with Gasteiger partial charge in [-0.25, -0.2) is 0 Å². The summed E-state index contributed by atoms with van der Waals surface area (Å²) in [6.45, 7) is 6.58. The van der Waals surface area contributed by atoms with Crippen molar-refractivity contribution in [2.24, 2.45) is 0 Å². The Kier molecular flexibility index (Phi) is 4.26. The van der Waals surface area contributed by atoms with Gasteiger partial charge in [-0.15, -0.1) is 11.6 Å². The number of alkyl halides is 1. The Bertz CT molecular complexity index is 511. The third-order valence-electron chi connectivity index (χ3n) is 3.44. The van der Waals surface area contributed by atoms with Gasteiger partial charge in [0.1, 0.15) is 8.80 Å². The van der Waals surface area contributed by atoms with Gasteiger partial charge >= 0.3 is 0 Å². The number of hydrogen-bond donors (Lipinski definition) is 0. The molecule has 2 heteroatoms. The number of hydrogen-bond acceptors (Lipinski definition) is 0. The van der Waals surface area contributed by atoms with Crippen molar-refractivity contribution in [3.05, 3.63) is 59.2 Å². The second-order valence-electron chi connectivity index (χ2n) is 4.93. The molecule has 0 fully saturated rings. The maximum absolute atomic E-state index is 6.28. The summed E-state index contributed by atoms with van der Waals surface area (Å²) in [7, 11) is -1.26. The summed E-state index contributed by atoms with van der Waals surface area (Å²) in [4.78, 5) is 0. The van der Waals surface area contributed by atoms with Crippen LogP contribution in [-0.2, 0) is 0 Å². The van der Waals surface area contributed by atoms with E-state index < -0.39 is 8.80 Å². The third-order valence-corrected chi connectivity index (χ3v) is 7.47. The topological polar surface area (TPSA) is 0 Å². The maximum atomic E-state index is 6.28. The molecule has 2 aromatic carbocycles. The highest BCUT2D eigenvalue weighted by atomic mass is 35.5. The lowest BCUT2D eigenvalue weighted by molar-refractivity contribution is 1.35. The van der Waals surface area contributed by atoms with Gasteiger partial charge in [0.25, 0.3) is 0 Å². The van der Waals surface area contributed by atoms with E-state index in [2.05, 4.69) is 63.2 Å². The molecule has 0 saturated carbocycles. The number of rotatable bonds is 3. The minimum Gasteiger partial charge on any atom is -0.130 e. The SMILES string of the molecule is Cc1cc(C)c([SiH](CCl)c2ccccc2)c(C)c1. The van der Waals surface area contributed by atoms with Crippen LogP contribution in [-0.4, -0.2) is 14.3 Å². The van der Waals surface area contributed by atoms with Gasteiger partial charge < -0.3 is 0 Å². The van der Waals surface area contributed by atoms with Gasteiger partial charge in [-0.1, -0.05) is 69.5 Å². The monoisotopic (exact) mass is 274 g/mol. The van der Waals surface area contributed by atoms with Crippen molar-refractivity contribution in [2.45, 2.75) is 20.8 Å². The van der Waals surface area contributed by atoms with E-state index in [1.807, 2.05) is 0 Å². The first-order valence-corrected chi connectivity index (χ1v) is 8.82. The highest BCUT2D eigenvalue weighted by Gasteiger charge is 2.19. The zero-order chi connectivity index (χ0) is 13.1. The fraction of sp³-hybridized carbons (Fsp3) is 0.250. The fourth-order valence-electron chi connectivity index (χ4n) is 2.76. The van der Waals surface area contributed by atoms with Crippen LogP contribution in [0.2, 0.25) is 0 Å². The van der Waals surface area contributed by atoms with E-state index in [9.17, 15) is 0 Å². The number of halogens is 1. The fourth-order valence-corrected chi connectivity index (χ4v) is 6.38. The quantitative estimate of drug-likeness (QED) is 0.596. The van der Waals surface area contributed by atoms with E-state index in [0.717, 1.165) is 5.50 Å². The van der Waals surface area contributed by atoms with E-state index >= 15 is 0 Å². The van der Waals surface area contributed by atoms with Gasteiger partial charge in [0.05, 0.1) is 0 Å². The smallest absolute Gasteiger partial charge is 0.118 e. The summed E-state index contributed by atoms with van der Waals surface area (Å²) in [5, 5.41) is 2.95. The molecule has 18 heavy (non-hydrogen) atoms. The van der Waals surface area contributed by atoms with Gasteiger partial charge in [-0.2, -0.15) is 0 Å². The molecule has 0 bridgehead atoms. The Balaban J connectivity index is 2.52. The van der Waals surface area contributed by atoms with Gasteiger partial charge in [-0.3, -0.25) is 0 Å². The minimum absolute atomic E-state index is 0.759. The molecule has 0 aromatic heterocycles. The lowest BCUT2D eigenvalue weighted by Crippen LogP contribution is -2.46. The molecule has 0 heterocycles. The van der Waals surface area contributed by atoms with Crippen molar-refractivity contribution < 1.29 is 0 Å². The van der Waals surface area contributed by atoms with Crippen molar-refractivity contribution in [1.82, 2.24) is 0 Å². The second kappa shape index (κ2) is 5.72. The van der Waals surface area contributed by atoms with Crippen LogP contribution in [0, 0.1) is 20.8 Å². The zero-order valence-electron chi connectivity index (χ0n) is 11.2. The zero-order valence-corrected chi connectivity index (χ0v) is 13.1. The van der Waals surface area contributed by atoms with Crippen LogP contribution in [0.15, 0.2) is 42.5 Å². The summed E-state index contributed by atoms with van der Waals surface area (Å²) < 4.78 is 0. The number of benzene rings is 2. The van der Waals surface area contributed by atoms with Crippen LogP contribution in [0.3, 0.4) is 0 Å². The molecule has 94 valence electrons. The predicted molar refractivity (Wildman–Crippen MR) is 84.2 cm³/mol. The molecule has 0 saturated heterocycles. The molecule has 0 spiro atoms. The summed E-state index contributed by atoms with van der Waals surface area (Å²) in [6.07, 6.45) is 0. The van der Waals surface area contributed by atoms with Gasteiger partial charge in [-0.05, 0) is 20.8 Å². The minimum atomic E-state index is -1.26. The molecule has 0 aliphatic rings. The Morgan fingerprint density at radius 2 is 1.50 bits per heavy atom. The van der Waals surface area contributed by atoms with Crippen molar-refractivity contribution in [2.75, 3.05) is 5.50 Å². The molecule has 0 nitrogen and oxygen atoms in total. The van der Waals surface area contributed by atoms with Gasteiger partial charge in [0.15, 0.2) is 0 Å². The highest BCUT2D eigenvalue weighted by Crippen LogP contribution is 2.08. The molecule has 0 N–H and O–H groups in total. The molecule has 2 rings (SSSR count). The summed E-state index contributed by atoms with van der Waals surface area (Å²) in [5.41, 5.74) is 4.89. The van der Waals surface area contributed by atoms with Crippen LogP contribution >= 0.6 is 11.6 Å². The van der Waals surface area contributed by atoms with E-state index in [1.165, 1.54) is 27.1 Å².